The van der Waals surface area contributed by atoms with E-state index < -0.39 is 8.00 Å². The van der Waals surface area contributed by atoms with Gasteiger partial charge in [0.1, 0.15) is 0 Å². The molecule has 0 saturated carbocycles. The molecule has 0 aliphatic carbocycles. The van der Waals surface area contributed by atoms with E-state index in [1.165, 1.54) is 0 Å². The zero-order valence-corrected chi connectivity index (χ0v) is 13.7. The molecule has 2 aromatic carbocycles. The lowest BCUT2D eigenvalue weighted by molar-refractivity contribution is 0.250. The smallest absolute Gasteiger partial charge is 0.184 e. The molecule has 21 heavy (non-hydrogen) atoms. The monoisotopic (exact) mass is 338 g/mol. The Bertz CT molecular complexity index is 671. The van der Waals surface area contributed by atoms with Gasteiger partial charge in [-0.1, -0.05) is 40.7 Å². The molecule has 2 N–H and O–H groups in total. The van der Waals surface area contributed by atoms with Gasteiger partial charge in [-0.15, -0.1) is 4.26 Å². The first kappa shape index (κ1) is 14.2. The Balaban J connectivity index is 1.85. The number of nitrogens with two attached hydrogens (primary N) is 1. The van der Waals surface area contributed by atoms with Crippen molar-refractivity contribution in [1.29, 1.82) is 0 Å². The van der Waals surface area contributed by atoms with Gasteiger partial charge in [-0.2, -0.15) is 4.51 Å². The van der Waals surface area contributed by atoms with Crippen molar-refractivity contribution in [3.8, 4) is 11.5 Å². The topological polar surface area (TPSA) is 67.2 Å². The van der Waals surface area contributed by atoms with E-state index >= 15 is 0 Å². The molecule has 1 aromatic heterocycles. The van der Waals surface area contributed by atoms with Gasteiger partial charge in [0.15, 0.2) is 28.0 Å². The van der Waals surface area contributed by atoms with Crippen molar-refractivity contribution in [2.24, 2.45) is 0 Å². The second-order valence-corrected chi connectivity index (χ2v) is 7.95. The van der Waals surface area contributed by atoms with Gasteiger partial charge in [-0.25, -0.2) is 0 Å². The zero-order chi connectivity index (χ0) is 14.5. The summed E-state index contributed by atoms with van der Waals surface area (Å²) < 4.78 is 7.59. The summed E-state index contributed by atoms with van der Waals surface area (Å²) in [5.74, 6) is 1.46. The minimum absolute atomic E-state index is 0.151. The SMILES string of the molecule is Np1n(Oc2ccccc2)pn[pH]n1Oc1ccccc1. The summed E-state index contributed by atoms with van der Waals surface area (Å²) in [6, 6.07) is 19.0. The molecule has 0 aliphatic rings. The number of nitrogens with zero attached hydrogens (tertiary/aromatic N) is 3. The maximum Gasteiger partial charge on any atom is 0.184 e. The van der Waals surface area contributed by atoms with Crippen LogP contribution in [0.1, 0.15) is 0 Å². The largest absolute Gasteiger partial charge is 0.366 e. The standard InChI is InChI=1S/C12H13N4O2P3/c13-21-15(17-11-7-3-1-4-8-11)19-14-20-16(21)18-12-9-5-2-6-10-12/h1-10,19H,13H2. The highest BCUT2D eigenvalue weighted by molar-refractivity contribution is 7.54. The lowest BCUT2D eigenvalue weighted by Crippen LogP contribution is -2.11. The van der Waals surface area contributed by atoms with E-state index in [1.54, 1.807) is 8.51 Å². The van der Waals surface area contributed by atoms with Crippen LogP contribution in [0.25, 0.3) is 0 Å². The van der Waals surface area contributed by atoms with Crippen LogP contribution in [0.5, 0.6) is 11.5 Å². The fourth-order valence-corrected chi connectivity index (χ4v) is 5.18. The predicted octanol–water partition coefficient (Wildman–Crippen LogP) is 3.81. The minimum Gasteiger partial charge on any atom is -0.366 e. The summed E-state index contributed by atoms with van der Waals surface area (Å²) >= 11 is 0. The number of hydrogen-bond donors (Lipinski definition) is 1. The van der Waals surface area contributed by atoms with Crippen molar-refractivity contribution in [1.82, 2.24) is 13.0 Å². The van der Waals surface area contributed by atoms with Gasteiger partial charge in [0.05, 0.1) is 8.51 Å². The summed E-state index contributed by atoms with van der Waals surface area (Å²) in [4.78, 5) is 11.5. The average Bonchev–Trinajstić information content (AvgIpc) is 2.53. The molecule has 2 atom stereocenters. The highest BCUT2D eigenvalue weighted by Gasteiger charge is 2.05. The number of rotatable bonds is 4. The van der Waals surface area contributed by atoms with Crippen LogP contribution in [-0.2, 0) is 0 Å². The Hall–Kier alpha value is -1.70. The summed E-state index contributed by atoms with van der Waals surface area (Å²) in [6.45, 7) is 0. The molecule has 6 nitrogen and oxygen atoms in total. The van der Waals surface area contributed by atoms with Crippen molar-refractivity contribution < 1.29 is 9.68 Å². The van der Waals surface area contributed by atoms with E-state index in [0.717, 1.165) is 11.5 Å². The molecule has 9 heteroatoms. The lowest BCUT2D eigenvalue weighted by Gasteiger charge is -2.15. The third-order valence-corrected chi connectivity index (χ3v) is 6.25. The summed E-state index contributed by atoms with van der Waals surface area (Å²) in [6.07, 6.45) is 0. The second kappa shape index (κ2) is 6.84. The van der Waals surface area contributed by atoms with Crippen molar-refractivity contribution in [3.05, 3.63) is 60.7 Å². The molecule has 0 saturated heterocycles. The Labute approximate surface area is 126 Å². The van der Waals surface area contributed by atoms with Crippen LogP contribution in [0.2, 0.25) is 0 Å². The van der Waals surface area contributed by atoms with Gasteiger partial charge >= 0.3 is 0 Å². The van der Waals surface area contributed by atoms with Gasteiger partial charge in [0.2, 0.25) is 0 Å². The Morgan fingerprint density at radius 3 is 2.14 bits per heavy atom. The molecule has 3 aromatic rings. The Morgan fingerprint density at radius 2 is 1.52 bits per heavy atom. The third kappa shape index (κ3) is 3.69. The van der Waals surface area contributed by atoms with Crippen LogP contribution in [-0.4, -0.2) is 13.0 Å². The number of aromatic nitrogens is 3. The van der Waals surface area contributed by atoms with E-state index in [2.05, 4.69) is 4.51 Å². The molecule has 2 unspecified atom stereocenters. The van der Waals surface area contributed by atoms with E-state index in [-0.39, 0.29) is 8.51 Å². The Kier molecular flexibility index (Phi) is 4.64. The van der Waals surface area contributed by atoms with Crippen LogP contribution in [0.4, 0.5) is 0 Å². The first-order chi connectivity index (χ1) is 10.3. The van der Waals surface area contributed by atoms with E-state index in [1.807, 2.05) is 60.7 Å². The van der Waals surface area contributed by atoms with E-state index in [9.17, 15) is 0 Å². The van der Waals surface area contributed by atoms with Gasteiger partial charge in [-0.05, 0) is 24.3 Å². The normalized spacial score (nSPS) is 11.8. The maximum absolute atomic E-state index is 6.23. The first-order valence-corrected chi connectivity index (χ1v) is 9.11. The minimum atomic E-state index is -1.24. The van der Waals surface area contributed by atoms with E-state index in [4.69, 9.17) is 15.2 Å². The molecular formula is C12H13N4O2P3. The van der Waals surface area contributed by atoms with Gasteiger partial charge < -0.3 is 9.68 Å². The van der Waals surface area contributed by atoms with Gasteiger partial charge in [-0.3, -0.25) is 5.50 Å². The van der Waals surface area contributed by atoms with Gasteiger partial charge in [0.25, 0.3) is 0 Å². The molecule has 3 rings (SSSR count). The predicted molar refractivity (Wildman–Crippen MR) is 87.7 cm³/mol. The molecule has 0 fully saturated rings. The molecule has 0 amide bonds. The van der Waals surface area contributed by atoms with Crippen molar-refractivity contribution >= 4 is 25.0 Å². The first-order valence-electron chi connectivity index (χ1n) is 6.10. The fraction of sp³-hybridized carbons (Fsp3) is 0. The van der Waals surface area contributed by atoms with Crippen LogP contribution in [0, 0.1) is 0 Å². The number of hydrogen-bond acceptors (Lipinski definition) is 4. The van der Waals surface area contributed by atoms with Crippen LogP contribution in [0.15, 0.2) is 60.7 Å². The van der Waals surface area contributed by atoms with Crippen molar-refractivity contribution in [2.75, 3.05) is 5.50 Å². The van der Waals surface area contributed by atoms with E-state index in [0.29, 0.717) is 8.51 Å². The second-order valence-electron chi connectivity index (χ2n) is 3.94. The fourth-order valence-electron chi connectivity index (χ4n) is 1.53. The van der Waals surface area contributed by atoms with Crippen molar-refractivity contribution in [3.63, 3.8) is 0 Å². The van der Waals surface area contributed by atoms with Crippen LogP contribution < -0.4 is 15.2 Å². The highest BCUT2D eigenvalue weighted by atomic mass is 31.2. The molecule has 108 valence electrons. The highest BCUT2D eigenvalue weighted by Crippen LogP contribution is 2.28. The quantitative estimate of drug-likeness (QED) is 0.786. The molecular weight excluding hydrogens is 325 g/mol. The summed E-state index contributed by atoms with van der Waals surface area (Å²) in [7, 11) is -0.393. The Morgan fingerprint density at radius 1 is 0.952 bits per heavy atom. The number of benzene rings is 2. The van der Waals surface area contributed by atoms with Crippen LogP contribution >= 0.6 is 25.0 Å². The number of nitrogen functional groups attached to an aromatic ring is 1. The van der Waals surface area contributed by atoms with Gasteiger partial charge in [0, 0.05) is 0 Å². The maximum atomic E-state index is 6.23. The number of para-hydroxylation sites is 2. The zero-order valence-electron chi connectivity index (χ0n) is 10.9. The lowest BCUT2D eigenvalue weighted by atomic mass is 10.3. The molecule has 0 aliphatic heterocycles. The third-order valence-electron chi connectivity index (χ3n) is 2.48. The summed E-state index contributed by atoms with van der Waals surface area (Å²) in [5.41, 5.74) is 6.23. The molecule has 1 heterocycles. The summed E-state index contributed by atoms with van der Waals surface area (Å²) in [5, 5.41) is 0. The molecule has 0 bridgehead atoms. The van der Waals surface area contributed by atoms with Crippen LogP contribution in [0.3, 0.4) is 0 Å². The molecule has 0 radical (unpaired) electrons. The van der Waals surface area contributed by atoms with Crippen molar-refractivity contribution in [2.45, 2.75) is 0 Å². The average molecular weight is 338 g/mol. The molecule has 0 spiro atoms.